The molecule has 0 spiro atoms. The highest BCUT2D eigenvalue weighted by atomic mass is 16.2. The van der Waals surface area contributed by atoms with Gasteiger partial charge in [-0.2, -0.15) is 0 Å². The minimum Gasteiger partial charge on any atom is -0.341 e. The predicted octanol–water partition coefficient (Wildman–Crippen LogP) is -0.240. The maximum absolute atomic E-state index is 11.8. The third-order valence-electron chi connectivity index (χ3n) is 3.39. The molecule has 0 saturated carbocycles. The molecule has 1 N–H and O–H groups in total. The van der Waals surface area contributed by atoms with Gasteiger partial charge in [-0.1, -0.05) is 0 Å². The highest BCUT2D eigenvalue weighted by Crippen LogP contribution is 2.16. The Labute approximate surface area is 91.6 Å². The molecule has 0 aromatic heterocycles. The molecule has 86 valence electrons. The predicted molar refractivity (Wildman–Crippen MR) is 59.7 cm³/mol. The summed E-state index contributed by atoms with van der Waals surface area (Å²) in [6.45, 7) is 5.99. The van der Waals surface area contributed by atoms with Gasteiger partial charge in [-0.3, -0.25) is 4.79 Å². The number of nitrogens with zero attached hydrogens (tertiary/aromatic N) is 2. The van der Waals surface area contributed by atoms with Crippen molar-refractivity contribution in [2.45, 2.75) is 12.8 Å². The van der Waals surface area contributed by atoms with Crippen molar-refractivity contribution in [1.29, 1.82) is 0 Å². The molecule has 2 fully saturated rings. The molecular weight excluding hydrogens is 190 g/mol. The van der Waals surface area contributed by atoms with Crippen LogP contribution in [-0.4, -0.2) is 62.0 Å². The van der Waals surface area contributed by atoms with E-state index in [1.165, 1.54) is 13.0 Å². The molecule has 4 heteroatoms. The van der Waals surface area contributed by atoms with Gasteiger partial charge in [0.2, 0.25) is 5.91 Å². The van der Waals surface area contributed by atoms with Crippen LogP contribution in [0, 0.1) is 5.92 Å². The van der Waals surface area contributed by atoms with Crippen LogP contribution in [0.4, 0.5) is 0 Å². The molecule has 0 radical (unpaired) electrons. The highest BCUT2D eigenvalue weighted by molar-refractivity contribution is 5.76. The van der Waals surface area contributed by atoms with E-state index in [1.807, 2.05) is 4.90 Å². The molecule has 1 amide bonds. The van der Waals surface area contributed by atoms with E-state index in [2.05, 4.69) is 17.3 Å². The van der Waals surface area contributed by atoms with Crippen LogP contribution in [-0.2, 0) is 4.79 Å². The minimum absolute atomic E-state index is 0.328. The van der Waals surface area contributed by atoms with Crippen LogP contribution in [0.5, 0.6) is 0 Å². The lowest BCUT2D eigenvalue weighted by Gasteiger charge is -2.23. The fourth-order valence-electron chi connectivity index (χ4n) is 2.50. The molecule has 15 heavy (non-hydrogen) atoms. The van der Waals surface area contributed by atoms with E-state index in [4.69, 9.17) is 0 Å². The Morgan fingerprint density at radius 1 is 1.40 bits per heavy atom. The van der Waals surface area contributed by atoms with Gasteiger partial charge in [-0.15, -0.1) is 0 Å². The fraction of sp³-hybridized carbons (Fsp3) is 0.909. The molecule has 0 aromatic carbocycles. The zero-order valence-corrected chi connectivity index (χ0v) is 9.54. The summed E-state index contributed by atoms with van der Waals surface area (Å²) in [4.78, 5) is 16.2. The lowest BCUT2D eigenvalue weighted by molar-refractivity contribution is -0.130. The molecule has 0 aliphatic carbocycles. The normalized spacial score (nSPS) is 29.5. The van der Waals surface area contributed by atoms with Gasteiger partial charge in [-0.25, -0.2) is 0 Å². The number of amides is 1. The minimum atomic E-state index is 0.328. The zero-order valence-electron chi connectivity index (χ0n) is 9.54. The first-order valence-corrected chi connectivity index (χ1v) is 5.93. The van der Waals surface area contributed by atoms with E-state index in [1.54, 1.807) is 0 Å². The molecule has 2 aliphatic rings. The van der Waals surface area contributed by atoms with Crippen LogP contribution in [0.25, 0.3) is 0 Å². The van der Waals surface area contributed by atoms with Crippen molar-refractivity contribution in [3.63, 3.8) is 0 Å². The second kappa shape index (κ2) is 4.94. The van der Waals surface area contributed by atoms with E-state index in [0.717, 1.165) is 32.7 Å². The van der Waals surface area contributed by atoms with Gasteiger partial charge in [0, 0.05) is 39.1 Å². The fourth-order valence-corrected chi connectivity index (χ4v) is 2.50. The Bertz CT molecular complexity index is 232. The molecule has 0 bridgehead atoms. The molecule has 2 aliphatic heterocycles. The molecule has 1 atom stereocenters. The Morgan fingerprint density at radius 2 is 2.27 bits per heavy atom. The summed E-state index contributed by atoms with van der Waals surface area (Å²) in [6.07, 6.45) is 1.91. The average Bonchev–Trinajstić information content (AvgIpc) is 2.50. The van der Waals surface area contributed by atoms with Crippen LogP contribution in [0.2, 0.25) is 0 Å². The van der Waals surface area contributed by atoms with Gasteiger partial charge >= 0.3 is 0 Å². The van der Waals surface area contributed by atoms with E-state index in [9.17, 15) is 4.79 Å². The number of carbonyl (C=O) groups is 1. The smallest absolute Gasteiger partial charge is 0.223 e. The summed E-state index contributed by atoms with van der Waals surface area (Å²) in [5.74, 6) is 1.02. The Kier molecular flexibility index (Phi) is 3.59. The van der Waals surface area contributed by atoms with Gasteiger partial charge in [0.05, 0.1) is 0 Å². The molecule has 0 aromatic rings. The number of hydrogen-bond donors (Lipinski definition) is 1. The number of carbonyl (C=O) groups excluding carboxylic acids is 1. The molecule has 2 rings (SSSR count). The van der Waals surface area contributed by atoms with Crippen molar-refractivity contribution in [2.24, 2.45) is 5.92 Å². The van der Waals surface area contributed by atoms with Gasteiger partial charge in [0.1, 0.15) is 0 Å². The van der Waals surface area contributed by atoms with E-state index in [0.29, 0.717) is 18.2 Å². The third-order valence-corrected chi connectivity index (χ3v) is 3.39. The number of likely N-dealkylation sites (tertiary alicyclic amines) is 1. The largest absolute Gasteiger partial charge is 0.341 e. The van der Waals surface area contributed by atoms with Crippen molar-refractivity contribution in [2.75, 3.05) is 46.3 Å². The SMILES string of the molecule is CN1CCC(CN2CCNCCC2=O)C1. The van der Waals surface area contributed by atoms with Crippen LogP contribution in [0.1, 0.15) is 12.8 Å². The Balaban J connectivity index is 1.83. The first kappa shape index (κ1) is 10.9. The van der Waals surface area contributed by atoms with Crippen LogP contribution in [0.15, 0.2) is 0 Å². The maximum Gasteiger partial charge on any atom is 0.223 e. The monoisotopic (exact) mass is 211 g/mol. The zero-order chi connectivity index (χ0) is 10.7. The second-order valence-electron chi connectivity index (χ2n) is 4.76. The van der Waals surface area contributed by atoms with Crippen LogP contribution < -0.4 is 5.32 Å². The maximum atomic E-state index is 11.8. The first-order chi connectivity index (χ1) is 7.25. The summed E-state index contributed by atoms with van der Waals surface area (Å²) in [5.41, 5.74) is 0. The van der Waals surface area contributed by atoms with Crippen molar-refractivity contribution in [3.8, 4) is 0 Å². The quantitative estimate of drug-likeness (QED) is 0.685. The summed E-state index contributed by atoms with van der Waals surface area (Å²) in [6, 6.07) is 0. The Hall–Kier alpha value is -0.610. The second-order valence-corrected chi connectivity index (χ2v) is 4.76. The lowest BCUT2D eigenvalue weighted by Crippen LogP contribution is -2.37. The topological polar surface area (TPSA) is 35.6 Å². The van der Waals surface area contributed by atoms with E-state index >= 15 is 0 Å². The van der Waals surface area contributed by atoms with Crippen molar-refractivity contribution >= 4 is 5.91 Å². The average molecular weight is 211 g/mol. The van der Waals surface area contributed by atoms with Gasteiger partial charge in [0.15, 0.2) is 0 Å². The molecule has 2 saturated heterocycles. The van der Waals surface area contributed by atoms with Crippen LogP contribution in [0.3, 0.4) is 0 Å². The summed E-state index contributed by atoms with van der Waals surface area (Å²) >= 11 is 0. The van der Waals surface area contributed by atoms with Crippen molar-refractivity contribution in [3.05, 3.63) is 0 Å². The van der Waals surface area contributed by atoms with E-state index in [-0.39, 0.29) is 0 Å². The third kappa shape index (κ3) is 2.92. The Morgan fingerprint density at radius 3 is 3.00 bits per heavy atom. The summed E-state index contributed by atoms with van der Waals surface area (Å²) < 4.78 is 0. The molecule has 1 unspecified atom stereocenters. The van der Waals surface area contributed by atoms with Gasteiger partial charge in [-0.05, 0) is 25.9 Å². The molecule has 2 heterocycles. The first-order valence-electron chi connectivity index (χ1n) is 5.93. The summed E-state index contributed by atoms with van der Waals surface area (Å²) in [7, 11) is 2.16. The molecular formula is C11H21N3O. The summed E-state index contributed by atoms with van der Waals surface area (Å²) in [5, 5.41) is 3.27. The van der Waals surface area contributed by atoms with Crippen LogP contribution >= 0.6 is 0 Å². The van der Waals surface area contributed by atoms with Crippen molar-refractivity contribution < 1.29 is 4.79 Å². The standard InChI is InChI=1S/C11H21N3O/c1-13-6-3-10(8-13)9-14-7-5-12-4-2-11(14)15/h10,12H,2-9H2,1H3. The van der Waals surface area contributed by atoms with Gasteiger partial charge < -0.3 is 15.1 Å². The highest BCUT2D eigenvalue weighted by Gasteiger charge is 2.24. The van der Waals surface area contributed by atoms with E-state index < -0.39 is 0 Å². The van der Waals surface area contributed by atoms with Crippen molar-refractivity contribution in [1.82, 2.24) is 15.1 Å². The number of rotatable bonds is 2. The van der Waals surface area contributed by atoms with Gasteiger partial charge in [0.25, 0.3) is 0 Å². The number of hydrogen-bond acceptors (Lipinski definition) is 3. The number of nitrogens with one attached hydrogen (secondary N) is 1. The molecule has 4 nitrogen and oxygen atoms in total. The lowest BCUT2D eigenvalue weighted by atomic mass is 10.1.